The fourth-order valence-electron chi connectivity index (χ4n) is 3.49. The standard InChI is InChI=1S/C20H24N2O5S/c1-21-20(23)14-6-9-16(10-7-14)28(24,25)22-12-4-5-18(22)17-11-8-15(26-2)13-19(17)27-3/h6-11,13,18H,4-5,12H2,1-3H3,(H,21,23). The highest BCUT2D eigenvalue weighted by Crippen LogP contribution is 2.41. The number of sulfonamides is 1. The lowest BCUT2D eigenvalue weighted by atomic mass is 10.0. The van der Waals surface area contributed by atoms with Crippen molar-refractivity contribution in [2.75, 3.05) is 27.8 Å². The second-order valence-electron chi connectivity index (χ2n) is 6.49. The van der Waals surface area contributed by atoms with E-state index in [0.29, 0.717) is 30.0 Å². The number of ether oxygens (including phenoxy) is 2. The van der Waals surface area contributed by atoms with E-state index in [-0.39, 0.29) is 16.8 Å². The van der Waals surface area contributed by atoms with Gasteiger partial charge in [-0.3, -0.25) is 4.79 Å². The number of nitrogens with one attached hydrogen (secondary N) is 1. The lowest BCUT2D eigenvalue weighted by Gasteiger charge is -2.26. The van der Waals surface area contributed by atoms with Crippen LogP contribution in [0.15, 0.2) is 47.4 Å². The van der Waals surface area contributed by atoms with E-state index in [0.717, 1.165) is 12.0 Å². The normalized spacial score (nSPS) is 17.3. The van der Waals surface area contributed by atoms with Crippen molar-refractivity contribution in [3.05, 3.63) is 53.6 Å². The summed E-state index contributed by atoms with van der Waals surface area (Å²) < 4.78 is 38.7. The fraction of sp³-hybridized carbons (Fsp3) is 0.350. The number of benzene rings is 2. The van der Waals surface area contributed by atoms with Crippen LogP contribution in [-0.4, -0.2) is 46.4 Å². The Labute approximate surface area is 165 Å². The molecule has 1 N–H and O–H groups in total. The summed E-state index contributed by atoms with van der Waals surface area (Å²) in [5.41, 5.74) is 1.22. The first kappa shape index (κ1) is 20.2. The van der Waals surface area contributed by atoms with Gasteiger partial charge in [-0.2, -0.15) is 4.31 Å². The fourth-order valence-corrected chi connectivity index (χ4v) is 5.16. The maximum absolute atomic E-state index is 13.3. The van der Waals surface area contributed by atoms with Crippen LogP contribution in [0.1, 0.15) is 34.8 Å². The smallest absolute Gasteiger partial charge is 0.251 e. The quantitative estimate of drug-likeness (QED) is 0.800. The van der Waals surface area contributed by atoms with Gasteiger partial charge in [-0.1, -0.05) is 6.07 Å². The zero-order valence-electron chi connectivity index (χ0n) is 16.1. The molecular formula is C20H24N2O5S. The van der Waals surface area contributed by atoms with Gasteiger partial charge in [0.05, 0.1) is 25.2 Å². The zero-order chi connectivity index (χ0) is 20.3. The summed E-state index contributed by atoms with van der Waals surface area (Å²) in [5, 5.41) is 2.52. The number of carbonyl (C=O) groups excluding carboxylic acids is 1. The van der Waals surface area contributed by atoms with E-state index in [9.17, 15) is 13.2 Å². The Hall–Kier alpha value is -2.58. The Morgan fingerprint density at radius 2 is 1.82 bits per heavy atom. The highest BCUT2D eigenvalue weighted by atomic mass is 32.2. The number of carbonyl (C=O) groups is 1. The predicted molar refractivity (Wildman–Crippen MR) is 105 cm³/mol. The molecule has 0 bridgehead atoms. The first-order valence-corrected chi connectivity index (χ1v) is 10.4. The molecule has 1 fully saturated rings. The van der Waals surface area contributed by atoms with Crippen LogP contribution in [-0.2, 0) is 10.0 Å². The third-order valence-corrected chi connectivity index (χ3v) is 6.88. The predicted octanol–water partition coefficient (Wildman–Crippen LogP) is 2.59. The molecule has 1 amide bonds. The minimum absolute atomic E-state index is 0.166. The molecule has 1 aliphatic heterocycles. The van der Waals surface area contributed by atoms with Gasteiger partial charge in [0, 0.05) is 30.8 Å². The van der Waals surface area contributed by atoms with Gasteiger partial charge in [0.25, 0.3) is 5.91 Å². The number of hydrogen-bond donors (Lipinski definition) is 1. The van der Waals surface area contributed by atoms with Crippen LogP contribution in [0.2, 0.25) is 0 Å². The topological polar surface area (TPSA) is 84.9 Å². The van der Waals surface area contributed by atoms with Crippen molar-refractivity contribution in [2.45, 2.75) is 23.8 Å². The molecule has 0 saturated carbocycles. The molecule has 2 aromatic rings. The molecule has 0 aromatic heterocycles. The minimum atomic E-state index is -3.71. The van der Waals surface area contributed by atoms with Crippen LogP contribution in [0.25, 0.3) is 0 Å². The molecule has 1 unspecified atom stereocenters. The monoisotopic (exact) mass is 404 g/mol. The van der Waals surface area contributed by atoms with Crippen LogP contribution in [0.3, 0.4) is 0 Å². The number of nitrogens with zero attached hydrogens (tertiary/aromatic N) is 1. The van der Waals surface area contributed by atoms with Gasteiger partial charge in [-0.25, -0.2) is 8.42 Å². The van der Waals surface area contributed by atoms with Crippen LogP contribution in [0.5, 0.6) is 11.5 Å². The Morgan fingerprint density at radius 3 is 2.43 bits per heavy atom. The van der Waals surface area contributed by atoms with Crippen molar-refractivity contribution in [2.24, 2.45) is 0 Å². The highest BCUT2D eigenvalue weighted by Gasteiger charge is 2.37. The molecule has 1 heterocycles. The van der Waals surface area contributed by atoms with E-state index in [2.05, 4.69) is 5.32 Å². The third kappa shape index (κ3) is 3.70. The van der Waals surface area contributed by atoms with E-state index < -0.39 is 10.0 Å². The molecule has 0 aliphatic carbocycles. The second-order valence-corrected chi connectivity index (χ2v) is 8.38. The van der Waals surface area contributed by atoms with Gasteiger partial charge in [-0.15, -0.1) is 0 Å². The number of hydrogen-bond acceptors (Lipinski definition) is 5. The van der Waals surface area contributed by atoms with Crippen molar-refractivity contribution >= 4 is 15.9 Å². The Morgan fingerprint density at radius 1 is 1.11 bits per heavy atom. The van der Waals surface area contributed by atoms with E-state index in [1.807, 2.05) is 6.07 Å². The first-order valence-electron chi connectivity index (χ1n) is 8.98. The van der Waals surface area contributed by atoms with Crippen molar-refractivity contribution in [1.82, 2.24) is 9.62 Å². The van der Waals surface area contributed by atoms with Crippen molar-refractivity contribution < 1.29 is 22.7 Å². The van der Waals surface area contributed by atoms with E-state index in [1.165, 1.54) is 35.6 Å². The van der Waals surface area contributed by atoms with Crippen LogP contribution >= 0.6 is 0 Å². The Kier molecular flexibility index (Phi) is 5.90. The summed E-state index contributed by atoms with van der Waals surface area (Å²) in [4.78, 5) is 11.9. The molecule has 3 rings (SSSR count). The molecule has 1 aliphatic rings. The minimum Gasteiger partial charge on any atom is -0.497 e. The lowest BCUT2D eigenvalue weighted by Crippen LogP contribution is -2.31. The summed E-state index contributed by atoms with van der Waals surface area (Å²) in [7, 11) is 0.953. The number of methoxy groups -OCH3 is 2. The molecule has 1 saturated heterocycles. The molecular weight excluding hydrogens is 380 g/mol. The van der Waals surface area contributed by atoms with Gasteiger partial charge >= 0.3 is 0 Å². The largest absolute Gasteiger partial charge is 0.497 e. The summed E-state index contributed by atoms with van der Waals surface area (Å²) in [5.74, 6) is 0.991. The molecule has 1 atom stereocenters. The summed E-state index contributed by atoms with van der Waals surface area (Å²) in [6.07, 6.45) is 1.47. The Balaban J connectivity index is 1.95. The highest BCUT2D eigenvalue weighted by molar-refractivity contribution is 7.89. The molecule has 2 aromatic carbocycles. The third-order valence-electron chi connectivity index (χ3n) is 4.95. The van der Waals surface area contributed by atoms with E-state index in [1.54, 1.807) is 26.4 Å². The van der Waals surface area contributed by atoms with Gasteiger partial charge in [0.2, 0.25) is 10.0 Å². The maximum atomic E-state index is 13.3. The summed E-state index contributed by atoms with van der Waals surface area (Å²) in [6, 6.07) is 11.1. The average molecular weight is 404 g/mol. The van der Waals surface area contributed by atoms with Crippen molar-refractivity contribution in [1.29, 1.82) is 0 Å². The number of amides is 1. The Bertz CT molecular complexity index is 957. The van der Waals surface area contributed by atoms with E-state index >= 15 is 0 Å². The SMILES string of the molecule is CNC(=O)c1ccc(S(=O)(=O)N2CCCC2c2ccc(OC)cc2OC)cc1. The van der Waals surface area contributed by atoms with Gasteiger partial charge in [0.15, 0.2) is 0 Å². The molecule has 0 spiro atoms. The zero-order valence-corrected chi connectivity index (χ0v) is 17.0. The second kappa shape index (κ2) is 8.20. The van der Waals surface area contributed by atoms with Gasteiger partial charge in [-0.05, 0) is 43.2 Å². The molecule has 8 heteroatoms. The molecule has 0 radical (unpaired) electrons. The molecule has 150 valence electrons. The van der Waals surface area contributed by atoms with Crippen LogP contribution in [0.4, 0.5) is 0 Å². The van der Waals surface area contributed by atoms with Gasteiger partial charge < -0.3 is 14.8 Å². The maximum Gasteiger partial charge on any atom is 0.251 e. The van der Waals surface area contributed by atoms with Crippen LogP contribution < -0.4 is 14.8 Å². The molecule has 28 heavy (non-hydrogen) atoms. The summed E-state index contributed by atoms with van der Waals surface area (Å²) in [6.45, 7) is 0.430. The van der Waals surface area contributed by atoms with Crippen molar-refractivity contribution in [3.8, 4) is 11.5 Å². The van der Waals surface area contributed by atoms with E-state index in [4.69, 9.17) is 9.47 Å². The van der Waals surface area contributed by atoms with Crippen LogP contribution in [0, 0.1) is 0 Å². The summed E-state index contributed by atoms with van der Waals surface area (Å²) >= 11 is 0. The molecule has 7 nitrogen and oxygen atoms in total. The lowest BCUT2D eigenvalue weighted by molar-refractivity contribution is 0.0963. The first-order chi connectivity index (χ1) is 13.4. The van der Waals surface area contributed by atoms with Gasteiger partial charge in [0.1, 0.15) is 11.5 Å². The average Bonchev–Trinajstić information content (AvgIpc) is 3.23. The van der Waals surface area contributed by atoms with Crippen molar-refractivity contribution in [3.63, 3.8) is 0 Å². The number of rotatable bonds is 6.